The molecule has 6 heteroatoms. The number of aromatic hydroxyl groups is 1. The van der Waals surface area contributed by atoms with Crippen LogP contribution in [0.2, 0.25) is 0 Å². The van der Waals surface area contributed by atoms with Gasteiger partial charge < -0.3 is 5.11 Å². The van der Waals surface area contributed by atoms with E-state index in [4.69, 9.17) is 0 Å². The molecule has 0 atom stereocenters. The van der Waals surface area contributed by atoms with Crippen molar-refractivity contribution in [2.75, 3.05) is 7.05 Å². The van der Waals surface area contributed by atoms with Gasteiger partial charge in [-0.1, -0.05) is 12.1 Å². The maximum atomic E-state index is 12.4. The van der Waals surface area contributed by atoms with Crippen molar-refractivity contribution in [1.29, 1.82) is 0 Å². The maximum Gasteiger partial charge on any atom is 0.243 e. The molecule has 0 saturated heterocycles. The average molecular weight is 292 g/mol. The number of hydrogen-bond acceptors (Lipinski definition) is 4. The second kappa shape index (κ2) is 5.60. The molecule has 2 rings (SSSR count). The van der Waals surface area contributed by atoms with E-state index in [9.17, 15) is 13.5 Å². The van der Waals surface area contributed by atoms with Crippen molar-refractivity contribution in [3.63, 3.8) is 0 Å². The van der Waals surface area contributed by atoms with Crippen LogP contribution < -0.4 is 0 Å². The van der Waals surface area contributed by atoms with Gasteiger partial charge in [0.1, 0.15) is 5.75 Å². The number of phenolic OH excluding ortho intramolecular Hbond substituents is 1. The van der Waals surface area contributed by atoms with E-state index in [1.165, 1.54) is 35.6 Å². The molecular formula is C14H16N2O3S. The lowest BCUT2D eigenvalue weighted by Crippen LogP contribution is -2.26. The minimum absolute atomic E-state index is 0.0626. The summed E-state index contributed by atoms with van der Waals surface area (Å²) in [7, 11) is -2.15. The third kappa shape index (κ3) is 3.15. The largest absolute Gasteiger partial charge is 0.508 e. The molecule has 0 aliphatic carbocycles. The number of aryl methyl sites for hydroxylation is 1. The quantitative estimate of drug-likeness (QED) is 0.934. The third-order valence-electron chi connectivity index (χ3n) is 2.86. The van der Waals surface area contributed by atoms with E-state index in [1.54, 1.807) is 6.07 Å². The van der Waals surface area contributed by atoms with Crippen LogP contribution in [-0.2, 0) is 16.6 Å². The van der Waals surface area contributed by atoms with Crippen LogP contribution in [0.1, 0.15) is 11.4 Å². The number of rotatable bonds is 4. The van der Waals surface area contributed by atoms with Crippen molar-refractivity contribution in [2.45, 2.75) is 18.4 Å². The molecular weight excluding hydrogens is 276 g/mol. The molecule has 106 valence electrons. The molecule has 2 aromatic rings. The summed E-state index contributed by atoms with van der Waals surface area (Å²) in [6.45, 7) is 2.03. The van der Waals surface area contributed by atoms with E-state index >= 15 is 0 Å². The fourth-order valence-electron chi connectivity index (χ4n) is 1.82. The van der Waals surface area contributed by atoms with Gasteiger partial charge in [0.15, 0.2) is 0 Å². The molecule has 0 radical (unpaired) electrons. The molecule has 1 N–H and O–H groups in total. The fraction of sp³-hybridized carbons (Fsp3) is 0.214. The van der Waals surface area contributed by atoms with Gasteiger partial charge in [-0.3, -0.25) is 4.98 Å². The molecule has 0 bridgehead atoms. The Labute approximate surface area is 118 Å². The lowest BCUT2D eigenvalue weighted by atomic mass is 10.3. The van der Waals surface area contributed by atoms with Gasteiger partial charge in [-0.2, -0.15) is 4.31 Å². The predicted molar refractivity (Wildman–Crippen MR) is 75.7 cm³/mol. The highest BCUT2D eigenvalue weighted by Gasteiger charge is 2.21. The standard InChI is InChI=1S/C14H16N2O3S/c1-11-5-3-6-12(15-11)10-16(2)20(18,19)14-8-4-7-13(17)9-14/h3-9,17H,10H2,1-2H3. The molecule has 0 unspecified atom stereocenters. The van der Waals surface area contributed by atoms with E-state index in [2.05, 4.69) is 4.98 Å². The first-order valence-electron chi connectivity index (χ1n) is 6.07. The summed E-state index contributed by atoms with van der Waals surface area (Å²) in [5, 5.41) is 9.39. The van der Waals surface area contributed by atoms with Gasteiger partial charge in [-0.05, 0) is 37.3 Å². The molecule has 0 aliphatic heterocycles. The topological polar surface area (TPSA) is 70.5 Å². The lowest BCUT2D eigenvalue weighted by Gasteiger charge is -2.17. The number of nitrogens with zero attached hydrogens (tertiary/aromatic N) is 2. The van der Waals surface area contributed by atoms with Crippen LogP contribution in [0.4, 0.5) is 0 Å². The first-order chi connectivity index (χ1) is 9.39. The number of benzene rings is 1. The molecule has 0 amide bonds. The monoisotopic (exact) mass is 292 g/mol. The molecule has 1 heterocycles. The summed E-state index contributed by atoms with van der Waals surface area (Å²) in [6.07, 6.45) is 0. The molecule has 0 fully saturated rings. The second-order valence-corrected chi connectivity index (χ2v) is 6.57. The zero-order chi connectivity index (χ0) is 14.8. The Morgan fingerprint density at radius 2 is 1.90 bits per heavy atom. The van der Waals surface area contributed by atoms with Crippen molar-refractivity contribution in [1.82, 2.24) is 9.29 Å². The maximum absolute atomic E-state index is 12.4. The Morgan fingerprint density at radius 1 is 1.20 bits per heavy atom. The van der Waals surface area contributed by atoms with E-state index in [-0.39, 0.29) is 17.2 Å². The number of sulfonamides is 1. The van der Waals surface area contributed by atoms with Crippen molar-refractivity contribution in [3.8, 4) is 5.75 Å². The van der Waals surface area contributed by atoms with Crippen LogP contribution in [0.25, 0.3) is 0 Å². The molecule has 5 nitrogen and oxygen atoms in total. The third-order valence-corrected chi connectivity index (χ3v) is 4.66. The lowest BCUT2D eigenvalue weighted by molar-refractivity contribution is 0.457. The van der Waals surface area contributed by atoms with Crippen LogP contribution in [0.15, 0.2) is 47.4 Å². The van der Waals surface area contributed by atoms with E-state index < -0.39 is 10.0 Å². The van der Waals surface area contributed by atoms with Gasteiger partial charge in [-0.25, -0.2) is 8.42 Å². The van der Waals surface area contributed by atoms with Gasteiger partial charge in [0.2, 0.25) is 10.0 Å². The highest BCUT2D eigenvalue weighted by molar-refractivity contribution is 7.89. The Bertz CT molecular complexity index is 714. The Balaban J connectivity index is 2.26. The Hall–Kier alpha value is -1.92. The Morgan fingerprint density at radius 3 is 2.55 bits per heavy atom. The number of hydrogen-bond donors (Lipinski definition) is 1. The van der Waals surface area contributed by atoms with Crippen molar-refractivity contribution < 1.29 is 13.5 Å². The summed E-state index contributed by atoms with van der Waals surface area (Å²) in [4.78, 5) is 4.35. The molecule has 0 saturated carbocycles. The Kier molecular flexibility index (Phi) is 4.06. The SMILES string of the molecule is Cc1cccc(CN(C)S(=O)(=O)c2cccc(O)c2)n1. The smallest absolute Gasteiger partial charge is 0.243 e. The van der Waals surface area contributed by atoms with Gasteiger partial charge in [0.05, 0.1) is 17.1 Å². The van der Waals surface area contributed by atoms with Gasteiger partial charge >= 0.3 is 0 Å². The molecule has 0 aliphatic rings. The van der Waals surface area contributed by atoms with Gasteiger partial charge in [0, 0.05) is 12.7 Å². The van der Waals surface area contributed by atoms with Gasteiger partial charge in [0.25, 0.3) is 0 Å². The van der Waals surface area contributed by atoms with Crippen LogP contribution in [0.5, 0.6) is 5.75 Å². The normalized spacial score (nSPS) is 11.8. The zero-order valence-electron chi connectivity index (χ0n) is 11.3. The fourth-order valence-corrected chi connectivity index (χ4v) is 3.01. The minimum Gasteiger partial charge on any atom is -0.508 e. The summed E-state index contributed by atoms with van der Waals surface area (Å²) in [6, 6.07) is 11.1. The van der Waals surface area contributed by atoms with E-state index in [0.717, 1.165) is 5.69 Å². The number of phenols is 1. The second-order valence-electron chi connectivity index (χ2n) is 4.53. The molecule has 0 spiro atoms. The van der Waals surface area contributed by atoms with Gasteiger partial charge in [-0.15, -0.1) is 0 Å². The summed E-state index contributed by atoms with van der Waals surface area (Å²) >= 11 is 0. The minimum atomic E-state index is -3.64. The predicted octanol–water partition coefficient (Wildman–Crippen LogP) is 1.92. The van der Waals surface area contributed by atoms with Crippen molar-refractivity contribution in [2.24, 2.45) is 0 Å². The van der Waals surface area contributed by atoms with Crippen LogP contribution in [0, 0.1) is 6.92 Å². The molecule has 1 aromatic heterocycles. The highest BCUT2D eigenvalue weighted by atomic mass is 32.2. The summed E-state index contributed by atoms with van der Waals surface area (Å²) < 4.78 is 25.9. The highest BCUT2D eigenvalue weighted by Crippen LogP contribution is 2.20. The molecule has 1 aromatic carbocycles. The van der Waals surface area contributed by atoms with Crippen LogP contribution in [-0.4, -0.2) is 29.9 Å². The summed E-state index contributed by atoms with van der Waals surface area (Å²) in [5.74, 6) is -0.0758. The van der Waals surface area contributed by atoms with E-state index in [1.807, 2.05) is 19.1 Å². The van der Waals surface area contributed by atoms with Crippen molar-refractivity contribution >= 4 is 10.0 Å². The zero-order valence-corrected chi connectivity index (χ0v) is 12.1. The van der Waals surface area contributed by atoms with Crippen LogP contribution in [0.3, 0.4) is 0 Å². The number of pyridine rings is 1. The summed E-state index contributed by atoms with van der Waals surface area (Å²) in [5.41, 5.74) is 1.52. The van der Waals surface area contributed by atoms with Crippen LogP contribution >= 0.6 is 0 Å². The van der Waals surface area contributed by atoms with E-state index in [0.29, 0.717) is 5.69 Å². The molecule has 20 heavy (non-hydrogen) atoms. The number of aromatic nitrogens is 1. The first kappa shape index (κ1) is 14.5. The average Bonchev–Trinajstić information content (AvgIpc) is 2.38. The first-order valence-corrected chi connectivity index (χ1v) is 7.51. The van der Waals surface area contributed by atoms with Crippen molar-refractivity contribution in [3.05, 3.63) is 53.9 Å².